The van der Waals surface area contributed by atoms with Gasteiger partial charge in [-0.2, -0.15) is 0 Å². The van der Waals surface area contributed by atoms with E-state index in [1.165, 1.54) is 14.2 Å². The van der Waals surface area contributed by atoms with Gasteiger partial charge < -0.3 is 29.0 Å². The first-order valence-corrected chi connectivity index (χ1v) is 14.2. The summed E-state index contributed by atoms with van der Waals surface area (Å²) in [5, 5.41) is 2.78. The number of ether oxygens (including phenoxy) is 5. The summed E-state index contributed by atoms with van der Waals surface area (Å²) in [6.07, 6.45) is -0.799. The molecule has 5 rings (SSSR count). The summed E-state index contributed by atoms with van der Waals surface area (Å²) in [5.41, 5.74) is 4.68. The van der Waals surface area contributed by atoms with Crippen molar-refractivity contribution >= 4 is 28.6 Å². The fraction of sp³-hybridized carbons (Fsp3) is 0.200. The van der Waals surface area contributed by atoms with E-state index in [1.54, 1.807) is 57.5 Å². The highest BCUT2D eigenvalue weighted by molar-refractivity contribution is 6.00. The zero-order valence-electron chi connectivity index (χ0n) is 25.6. The Morgan fingerprint density at radius 2 is 1.22 bits per heavy atom. The second-order valence-corrected chi connectivity index (χ2v) is 9.94. The maximum absolute atomic E-state index is 13.3. The number of hydrogen-bond acceptors (Lipinski definition) is 9. The molecular formula is C35H33N3O7. The van der Waals surface area contributed by atoms with Crippen LogP contribution in [0, 0.1) is 0 Å². The zero-order valence-corrected chi connectivity index (χ0v) is 25.6. The highest BCUT2D eigenvalue weighted by atomic mass is 16.5. The number of nitrogens with one attached hydrogen (secondary N) is 1. The minimum absolute atomic E-state index is 0.236. The van der Waals surface area contributed by atoms with Crippen LogP contribution in [0.4, 0.5) is 5.69 Å². The van der Waals surface area contributed by atoms with Crippen LogP contribution in [0.1, 0.15) is 23.7 Å². The Bertz CT molecular complexity index is 1820. The van der Waals surface area contributed by atoms with Crippen LogP contribution in [-0.4, -0.2) is 56.4 Å². The molecule has 0 aliphatic rings. The van der Waals surface area contributed by atoms with Crippen LogP contribution in [-0.2, 0) is 9.53 Å². The number of carbonyl (C=O) groups is 2. The molecule has 0 radical (unpaired) electrons. The third-order valence-corrected chi connectivity index (χ3v) is 7.20. The van der Waals surface area contributed by atoms with E-state index < -0.39 is 18.0 Å². The summed E-state index contributed by atoms with van der Waals surface area (Å²) in [6.45, 7) is 1.76. The van der Waals surface area contributed by atoms with Gasteiger partial charge in [0, 0.05) is 17.2 Å². The van der Waals surface area contributed by atoms with Gasteiger partial charge in [0.25, 0.3) is 5.91 Å². The summed E-state index contributed by atoms with van der Waals surface area (Å²) in [4.78, 5) is 36.3. The fourth-order valence-electron chi connectivity index (χ4n) is 4.73. The summed E-state index contributed by atoms with van der Waals surface area (Å²) in [6, 6.07) is 25.1. The first kappa shape index (κ1) is 30.8. The van der Waals surface area contributed by atoms with E-state index >= 15 is 0 Å². The standard InChI is InChI=1S/C35H33N3O7/c1-6-30(34(39)38-29-20-26(43-4)16-18-31(29)44-5)45-35(40)23-11-17-27-28(19-23)37-33(22-9-14-25(42-3)15-10-22)32(36-27)21-7-12-24(41-2)13-8-21/h7-20,30H,6H2,1-5H3,(H,38,39). The second-order valence-electron chi connectivity index (χ2n) is 9.94. The Kier molecular flexibility index (Phi) is 9.43. The van der Waals surface area contributed by atoms with Crippen LogP contribution in [0.5, 0.6) is 23.0 Å². The molecule has 10 heteroatoms. The monoisotopic (exact) mass is 607 g/mol. The zero-order chi connectivity index (χ0) is 31.9. The predicted molar refractivity (Wildman–Crippen MR) is 171 cm³/mol. The molecule has 1 N–H and O–H groups in total. The average molecular weight is 608 g/mol. The van der Waals surface area contributed by atoms with E-state index in [0.717, 1.165) is 16.9 Å². The van der Waals surface area contributed by atoms with E-state index in [1.807, 2.05) is 48.5 Å². The maximum Gasteiger partial charge on any atom is 0.338 e. The highest BCUT2D eigenvalue weighted by Crippen LogP contribution is 2.33. The van der Waals surface area contributed by atoms with E-state index in [-0.39, 0.29) is 12.0 Å². The second kappa shape index (κ2) is 13.8. The van der Waals surface area contributed by atoms with Crippen LogP contribution in [0.15, 0.2) is 84.9 Å². The maximum atomic E-state index is 13.3. The van der Waals surface area contributed by atoms with E-state index in [4.69, 9.17) is 33.7 Å². The van der Waals surface area contributed by atoms with Crippen molar-refractivity contribution in [2.75, 3.05) is 33.8 Å². The molecule has 0 aliphatic heterocycles. The highest BCUT2D eigenvalue weighted by Gasteiger charge is 2.24. The quantitative estimate of drug-likeness (QED) is 0.166. The van der Waals surface area contributed by atoms with Gasteiger partial charge in [0.2, 0.25) is 0 Å². The number of nitrogens with zero attached hydrogens (tertiary/aromatic N) is 2. The number of benzene rings is 4. The van der Waals surface area contributed by atoms with Crippen LogP contribution < -0.4 is 24.3 Å². The smallest absolute Gasteiger partial charge is 0.338 e. The molecule has 5 aromatic rings. The molecule has 4 aromatic carbocycles. The Balaban J connectivity index is 1.45. The summed E-state index contributed by atoms with van der Waals surface area (Å²) in [7, 11) is 6.25. The number of amides is 1. The van der Waals surface area contributed by atoms with E-state index in [0.29, 0.717) is 45.4 Å². The first-order valence-electron chi connectivity index (χ1n) is 14.2. The molecule has 45 heavy (non-hydrogen) atoms. The van der Waals surface area contributed by atoms with Crippen molar-refractivity contribution in [1.29, 1.82) is 0 Å². The van der Waals surface area contributed by atoms with E-state index in [2.05, 4.69) is 5.32 Å². The van der Waals surface area contributed by atoms with Crippen LogP contribution in [0.25, 0.3) is 33.5 Å². The fourth-order valence-corrected chi connectivity index (χ4v) is 4.73. The van der Waals surface area contributed by atoms with Gasteiger partial charge in [-0.3, -0.25) is 4.79 Å². The lowest BCUT2D eigenvalue weighted by Crippen LogP contribution is -2.32. The molecule has 1 amide bonds. The van der Waals surface area contributed by atoms with Crippen LogP contribution >= 0.6 is 0 Å². The third-order valence-electron chi connectivity index (χ3n) is 7.20. The minimum Gasteiger partial charge on any atom is -0.497 e. The van der Waals surface area contributed by atoms with Crippen molar-refractivity contribution in [1.82, 2.24) is 9.97 Å². The third kappa shape index (κ3) is 6.80. The van der Waals surface area contributed by atoms with Crippen LogP contribution in [0.2, 0.25) is 0 Å². The number of esters is 1. The molecule has 0 spiro atoms. The number of rotatable bonds is 11. The molecule has 0 saturated carbocycles. The van der Waals surface area contributed by atoms with Crippen LogP contribution in [0.3, 0.4) is 0 Å². The Hall–Kier alpha value is -5.64. The van der Waals surface area contributed by atoms with Gasteiger partial charge in [-0.1, -0.05) is 6.92 Å². The lowest BCUT2D eigenvalue weighted by molar-refractivity contribution is -0.124. The van der Waals surface area contributed by atoms with Gasteiger partial charge in [-0.15, -0.1) is 0 Å². The summed E-state index contributed by atoms with van der Waals surface area (Å²) < 4.78 is 26.9. The number of fused-ring (bicyclic) bond motifs is 1. The number of carbonyl (C=O) groups excluding carboxylic acids is 2. The van der Waals surface area contributed by atoms with Crippen molar-refractivity contribution in [2.24, 2.45) is 0 Å². The van der Waals surface area contributed by atoms with Gasteiger partial charge in [0.15, 0.2) is 6.10 Å². The van der Waals surface area contributed by atoms with E-state index in [9.17, 15) is 9.59 Å². The first-order chi connectivity index (χ1) is 21.9. The molecule has 0 fully saturated rings. The molecule has 0 saturated heterocycles. The number of aromatic nitrogens is 2. The molecule has 1 aromatic heterocycles. The normalized spacial score (nSPS) is 11.4. The van der Waals surface area contributed by atoms with Crippen molar-refractivity contribution in [3.05, 3.63) is 90.5 Å². The molecule has 230 valence electrons. The van der Waals surface area contributed by atoms with Crippen molar-refractivity contribution in [2.45, 2.75) is 19.4 Å². The van der Waals surface area contributed by atoms with Gasteiger partial charge in [-0.25, -0.2) is 14.8 Å². The summed E-state index contributed by atoms with van der Waals surface area (Å²) >= 11 is 0. The molecule has 10 nitrogen and oxygen atoms in total. The van der Waals surface area contributed by atoms with Gasteiger partial charge in [0.05, 0.1) is 62.1 Å². The largest absolute Gasteiger partial charge is 0.497 e. The molecule has 0 aliphatic carbocycles. The van der Waals surface area contributed by atoms with Gasteiger partial charge >= 0.3 is 5.97 Å². The topological polar surface area (TPSA) is 118 Å². The van der Waals surface area contributed by atoms with Gasteiger partial charge in [-0.05, 0) is 85.3 Å². The molecule has 1 atom stereocenters. The Labute approximate surface area is 260 Å². The number of hydrogen-bond donors (Lipinski definition) is 1. The molecular weight excluding hydrogens is 574 g/mol. The molecule has 1 unspecified atom stereocenters. The molecule has 0 bridgehead atoms. The SMILES string of the molecule is CCC(OC(=O)c1ccc2nc(-c3ccc(OC)cc3)c(-c3ccc(OC)cc3)nc2c1)C(=O)Nc1cc(OC)ccc1OC. The van der Waals surface area contributed by atoms with Gasteiger partial charge in [0.1, 0.15) is 23.0 Å². The summed E-state index contributed by atoms with van der Waals surface area (Å²) in [5.74, 6) is 1.26. The average Bonchev–Trinajstić information content (AvgIpc) is 3.09. The van der Waals surface area contributed by atoms with Crippen molar-refractivity contribution in [3.8, 4) is 45.5 Å². The Morgan fingerprint density at radius 3 is 1.76 bits per heavy atom. The predicted octanol–water partition coefficient (Wildman–Crippen LogP) is 6.57. The minimum atomic E-state index is -1.05. The number of methoxy groups -OCH3 is 4. The molecule has 1 heterocycles. The lowest BCUT2D eigenvalue weighted by Gasteiger charge is -2.18. The lowest BCUT2D eigenvalue weighted by atomic mass is 10.0. The van der Waals surface area contributed by atoms with Crippen molar-refractivity contribution in [3.63, 3.8) is 0 Å². The Morgan fingerprint density at radius 1 is 0.667 bits per heavy atom. The number of anilines is 1. The van der Waals surface area contributed by atoms with Crippen molar-refractivity contribution < 1.29 is 33.3 Å².